The Kier molecular flexibility index (Phi) is 12.3. The molecule has 0 saturated carbocycles. The molecule has 1 aliphatic carbocycles. The van der Waals surface area contributed by atoms with Crippen LogP contribution in [-0.4, -0.2) is 36.1 Å². The number of amides is 3. The van der Waals surface area contributed by atoms with Crippen LogP contribution in [0.15, 0.2) is 83.4 Å². The molecule has 8 nitrogen and oxygen atoms in total. The number of fused-ring (bicyclic) bond motifs is 1. The number of hydrogen-bond donors (Lipinski definition) is 3. The predicted molar refractivity (Wildman–Crippen MR) is 194 cm³/mol. The van der Waals surface area contributed by atoms with Gasteiger partial charge >= 0.3 is 5.97 Å². The van der Waals surface area contributed by atoms with E-state index in [1.807, 2.05) is 0 Å². The third-order valence-electron chi connectivity index (χ3n) is 7.89. The molecule has 1 unspecified atom stereocenters. The molecule has 1 atom stereocenters. The van der Waals surface area contributed by atoms with Crippen LogP contribution >= 0.6 is 34.7 Å². The Bertz CT molecular complexity index is 1880. The lowest BCUT2D eigenvalue weighted by molar-refractivity contribution is -0.115. The summed E-state index contributed by atoms with van der Waals surface area (Å²) in [6.07, 6.45) is 7.08. The third kappa shape index (κ3) is 9.17. The largest absolute Gasteiger partial charge is 0.465 e. The molecular weight excluding hydrogens is 685 g/mol. The maximum Gasteiger partial charge on any atom is 0.341 e. The van der Waals surface area contributed by atoms with Gasteiger partial charge in [0.05, 0.1) is 22.9 Å². The highest BCUT2D eigenvalue weighted by atomic mass is 35.5. The molecule has 0 fully saturated rings. The number of thioether (sulfide) groups is 1. The van der Waals surface area contributed by atoms with Gasteiger partial charge in [-0.25, -0.2) is 9.18 Å². The first-order valence-electron chi connectivity index (χ1n) is 15.8. The van der Waals surface area contributed by atoms with Crippen LogP contribution in [0.1, 0.15) is 69.3 Å². The van der Waals surface area contributed by atoms with E-state index in [9.17, 15) is 23.6 Å². The highest BCUT2D eigenvalue weighted by molar-refractivity contribution is 8.00. The number of ether oxygens (including phenoxy) is 1. The van der Waals surface area contributed by atoms with Crippen molar-refractivity contribution in [3.63, 3.8) is 0 Å². The van der Waals surface area contributed by atoms with Crippen molar-refractivity contribution in [1.29, 1.82) is 0 Å². The Morgan fingerprint density at radius 1 is 0.939 bits per heavy atom. The summed E-state index contributed by atoms with van der Waals surface area (Å²) < 4.78 is 19.8. The number of aryl methyl sites for hydroxylation is 1. The van der Waals surface area contributed by atoms with Crippen molar-refractivity contribution in [2.24, 2.45) is 0 Å². The van der Waals surface area contributed by atoms with Gasteiger partial charge in [0.15, 0.2) is 0 Å². The first-order chi connectivity index (χ1) is 23.6. The van der Waals surface area contributed by atoms with Crippen molar-refractivity contribution in [2.45, 2.75) is 55.6 Å². The molecule has 0 saturated heterocycles. The van der Waals surface area contributed by atoms with Crippen LogP contribution in [0.2, 0.25) is 5.02 Å². The van der Waals surface area contributed by atoms with Crippen molar-refractivity contribution in [2.75, 3.05) is 17.7 Å². The minimum atomic E-state index is -0.708. The van der Waals surface area contributed by atoms with Crippen LogP contribution in [0.4, 0.5) is 15.1 Å². The lowest BCUT2D eigenvalue weighted by atomic mass is 9.96. The maximum atomic E-state index is 14.7. The van der Waals surface area contributed by atoms with Crippen molar-refractivity contribution >= 4 is 75.2 Å². The fraction of sp³-hybridized carbons (Fsp3) is 0.243. The number of anilines is 2. The lowest BCUT2D eigenvalue weighted by Gasteiger charge is -2.14. The van der Waals surface area contributed by atoms with Crippen molar-refractivity contribution in [3.8, 4) is 0 Å². The van der Waals surface area contributed by atoms with E-state index in [4.69, 9.17) is 16.3 Å². The van der Waals surface area contributed by atoms with E-state index in [2.05, 4.69) is 16.0 Å². The Balaban J connectivity index is 1.32. The van der Waals surface area contributed by atoms with E-state index < -0.39 is 28.9 Å². The number of hydrogen-bond acceptors (Lipinski definition) is 7. The van der Waals surface area contributed by atoms with Crippen molar-refractivity contribution in [1.82, 2.24) is 5.32 Å². The Hall–Kier alpha value is -4.45. The predicted octanol–water partition coefficient (Wildman–Crippen LogP) is 8.52. The van der Waals surface area contributed by atoms with Gasteiger partial charge in [0.2, 0.25) is 5.91 Å². The van der Waals surface area contributed by atoms with Gasteiger partial charge in [-0.05, 0) is 86.7 Å². The van der Waals surface area contributed by atoms with Crippen LogP contribution in [-0.2, 0) is 27.2 Å². The van der Waals surface area contributed by atoms with Gasteiger partial charge < -0.3 is 20.7 Å². The fourth-order valence-electron chi connectivity index (χ4n) is 5.38. The molecule has 3 N–H and O–H groups in total. The Labute approximate surface area is 297 Å². The van der Waals surface area contributed by atoms with Gasteiger partial charge in [-0.15, -0.1) is 23.1 Å². The van der Waals surface area contributed by atoms with Gasteiger partial charge in [-0.1, -0.05) is 54.8 Å². The van der Waals surface area contributed by atoms with Crippen LogP contribution < -0.4 is 16.0 Å². The molecule has 0 spiro atoms. The normalized spacial score (nSPS) is 13.7. The van der Waals surface area contributed by atoms with Crippen LogP contribution in [0.25, 0.3) is 6.08 Å². The zero-order valence-corrected chi connectivity index (χ0v) is 29.3. The van der Waals surface area contributed by atoms with Gasteiger partial charge in [-0.2, -0.15) is 0 Å². The minimum absolute atomic E-state index is 0.0557. The highest BCUT2D eigenvalue weighted by Gasteiger charge is 2.27. The Morgan fingerprint density at radius 2 is 1.67 bits per heavy atom. The molecule has 3 aromatic carbocycles. The second-order valence-corrected chi connectivity index (χ2v) is 14.3. The maximum absolute atomic E-state index is 14.7. The van der Waals surface area contributed by atoms with E-state index in [1.54, 1.807) is 61.5 Å². The number of carbonyl (C=O) groups excluding carboxylic acids is 4. The first-order valence-corrected chi connectivity index (χ1v) is 17.9. The number of carbonyl (C=O) groups is 4. The summed E-state index contributed by atoms with van der Waals surface area (Å²) in [7, 11) is 1.34. The number of rotatable bonds is 10. The SMILES string of the molecule is COC(=O)c1c(NC(=O)C(C)Sc2cccc(NC(=O)/C(=C\c3c(F)cccc3Cl)NC(=O)c3ccccc3)c2)sc2c1CCCCCC2. The van der Waals surface area contributed by atoms with E-state index >= 15 is 0 Å². The van der Waals surface area contributed by atoms with Gasteiger partial charge in [-0.3, -0.25) is 14.4 Å². The molecule has 254 valence electrons. The number of thiophene rings is 1. The number of benzene rings is 3. The number of halogens is 2. The monoisotopic (exact) mass is 719 g/mol. The van der Waals surface area contributed by atoms with E-state index in [0.29, 0.717) is 26.7 Å². The smallest absolute Gasteiger partial charge is 0.341 e. The number of esters is 1. The molecule has 1 aromatic heterocycles. The third-order valence-corrected chi connectivity index (χ3v) is 10.5. The highest BCUT2D eigenvalue weighted by Crippen LogP contribution is 2.38. The van der Waals surface area contributed by atoms with E-state index in [-0.39, 0.29) is 22.2 Å². The average molecular weight is 720 g/mol. The minimum Gasteiger partial charge on any atom is -0.465 e. The molecule has 0 bridgehead atoms. The summed E-state index contributed by atoms with van der Waals surface area (Å²) in [6, 6.07) is 19.3. The molecule has 1 aliphatic rings. The summed E-state index contributed by atoms with van der Waals surface area (Å²) in [5, 5.41) is 8.31. The molecule has 12 heteroatoms. The quantitative estimate of drug-likeness (QED) is 0.0861. The molecule has 5 rings (SSSR count). The average Bonchev–Trinajstić information content (AvgIpc) is 3.41. The van der Waals surface area contributed by atoms with Gasteiger partial charge in [0, 0.05) is 26.6 Å². The second-order valence-electron chi connectivity index (χ2n) is 11.4. The molecule has 0 radical (unpaired) electrons. The topological polar surface area (TPSA) is 114 Å². The fourth-order valence-corrected chi connectivity index (χ4v) is 7.80. The summed E-state index contributed by atoms with van der Waals surface area (Å²) in [4.78, 5) is 54.5. The van der Waals surface area contributed by atoms with E-state index in [0.717, 1.165) is 49.0 Å². The van der Waals surface area contributed by atoms with Gasteiger partial charge in [0.25, 0.3) is 11.8 Å². The molecule has 0 aliphatic heterocycles. The van der Waals surface area contributed by atoms with Crippen LogP contribution in [0.3, 0.4) is 0 Å². The standard InChI is InChI=1S/C37H35ClFN3O5S2/c1-22(33(43)42-36-32(37(46)47-2)26-16-8-3-4-9-19-31(26)49-36)48-25-15-10-14-24(20-25)40-35(45)30(21-27-28(38)17-11-18-29(27)39)41-34(44)23-12-6-5-7-13-23/h5-7,10-15,17-18,20-22H,3-4,8-9,16,19H2,1-2H3,(H,40,45)(H,41,44)(H,42,43)/b30-21+. The molecule has 1 heterocycles. The zero-order valence-electron chi connectivity index (χ0n) is 26.9. The summed E-state index contributed by atoms with van der Waals surface area (Å²) in [5.74, 6) is -2.67. The van der Waals surface area contributed by atoms with Crippen molar-refractivity contribution < 1.29 is 28.3 Å². The Morgan fingerprint density at radius 3 is 2.41 bits per heavy atom. The zero-order chi connectivity index (χ0) is 34.9. The molecule has 4 aromatic rings. The van der Waals surface area contributed by atoms with Crippen molar-refractivity contribution in [3.05, 3.63) is 116 Å². The van der Waals surface area contributed by atoms with Gasteiger partial charge in [0.1, 0.15) is 16.5 Å². The molecule has 49 heavy (non-hydrogen) atoms. The first kappa shape index (κ1) is 35.8. The van der Waals surface area contributed by atoms with Crippen LogP contribution in [0.5, 0.6) is 0 Å². The van der Waals surface area contributed by atoms with Crippen LogP contribution in [0, 0.1) is 5.82 Å². The lowest BCUT2D eigenvalue weighted by Crippen LogP contribution is -2.30. The summed E-state index contributed by atoms with van der Waals surface area (Å²) in [5.41, 5.74) is 1.82. The van der Waals surface area contributed by atoms with E-state index in [1.165, 1.54) is 54.5 Å². The summed E-state index contributed by atoms with van der Waals surface area (Å²) in [6.45, 7) is 1.75. The molecular formula is C37H35ClFN3O5S2. The second kappa shape index (κ2) is 16.8. The summed E-state index contributed by atoms with van der Waals surface area (Å²) >= 11 is 8.93. The molecule has 3 amide bonds. The number of nitrogens with one attached hydrogen (secondary N) is 3. The number of methoxy groups -OCH3 is 1.